The third-order valence-electron chi connectivity index (χ3n) is 5.04. The van der Waals surface area contributed by atoms with Crippen molar-refractivity contribution in [3.8, 4) is 0 Å². The van der Waals surface area contributed by atoms with Crippen LogP contribution in [0, 0.1) is 0 Å². The van der Waals surface area contributed by atoms with Crippen molar-refractivity contribution >= 4 is 28.0 Å². The molecule has 5 heteroatoms. The van der Waals surface area contributed by atoms with Crippen LogP contribution in [0.4, 0.5) is 0 Å². The van der Waals surface area contributed by atoms with Gasteiger partial charge in [-0.15, -0.1) is 0 Å². The van der Waals surface area contributed by atoms with Gasteiger partial charge in [-0.25, -0.2) is 9.78 Å². The van der Waals surface area contributed by atoms with Crippen molar-refractivity contribution in [2.45, 2.75) is 5.54 Å². The summed E-state index contributed by atoms with van der Waals surface area (Å²) in [6.07, 6.45) is 5.13. The summed E-state index contributed by atoms with van der Waals surface area (Å²) in [5, 5.41) is 9.19. The Bertz CT molecular complexity index is 1070. The van der Waals surface area contributed by atoms with E-state index in [0.29, 0.717) is 5.69 Å². The SMILES string of the molecule is O=C(O)/C(Br)=C\c1cn(C(c2ccccc2)(c2ccccc2)c2ccccc2)cn1. The van der Waals surface area contributed by atoms with Crippen LogP contribution < -0.4 is 0 Å². The molecule has 0 aliphatic heterocycles. The van der Waals surface area contributed by atoms with Gasteiger partial charge in [-0.2, -0.15) is 0 Å². The van der Waals surface area contributed by atoms with Crippen molar-refractivity contribution in [1.82, 2.24) is 9.55 Å². The zero-order valence-corrected chi connectivity index (χ0v) is 17.6. The van der Waals surface area contributed by atoms with Gasteiger partial charge in [0.15, 0.2) is 0 Å². The Labute approximate surface area is 183 Å². The monoisotopic (exact) mass is 458 g/mol. The minimum absolute atomic E-state index is 0.0532. The highest BCUT2D eigenvalue weighted by atomic mass is 79.9. The molecule has 1 N–H and O–H groups in total. The van der Waals surface area contributed by atoms with E-state index in [0.717, 1.165) is 16.7 Å². The zero-order valence-electron chi connectivity index (χ0n) is 16.0. The maximum atomic E-state index is 11.2. The summed E-state index contributed by atoms with van der Waals surface area (Å²) in [4.78, 5) is 15.7. The Morgan fingerprint density at radius 2 is 1.27 bits per heavy atom. The highest BCUT2D eigenvalue weighted by Gasteiger charge is 2.38. The van der Waals surface area contributed by atoms with Gasteiger partial charge in [-0.3, -0.25) is 0 Å². The van der Waals surface area contributed by atoms with Crippen LogP contribution >= 0.6 is 15.9 Å². The van der Waals surface area contributed by atoms with Crippen molar-refractivity contribution in [3.05, 3.63) is 130 Å². The highest BCUT2D eigenvalue weighted by Crippen LogP contribution is 2.40. The Morgan fingerprint density at radius 3 is 1.67 bits per heavy atom. The molecule has 0 unspecified atom stereocenters. The molecule has 0 spiro atoms. The number of halogens is 1. The van der Waals surface area contributed by atoms with Crippen LogP contribution in [0.3, 0.4) is 0 Å². The molecule has 4 nitrogen and oxygen atoms in total. The quantitative estimate of drug-likeness (QED) is 0.304. The fraction of sp³-hybridized carbons (Fsp3) is 0.0400. The van der Waals surface area contributed by atoms with Crippen molar-refractivity contribution in [3.63, 3.8) is 0 Å². The van der Waals surface area contributed by atoms with E-state index in [1.54, 1.807) is 6.33 Å². The number of carboxylic acids is 1. The molecule has 4 aromatic rings. The number of hydrogen-bond donors (Lipinski definition) is 1. The molecule has 0 aliphatic rings. The van der Waals surface area contributed by atoms with Gasteiger partial charge in [0.1, 0.15) is 10.0 Å². The predicted molar refractivity (Wildman–Crippen MR) is 121 cm³/mol. The molecule has 0 saturated carbocycles. The van der Waals surface area contributed by atoms with E-state index in [2.05, 4.69) is 57.3 Å². The summed E-state index contributed by atoms with van der Waals surface area (Å²) < 4.78 is 2.10. The molecule has 0 saturated heterocycles. The van der Waals surface area contributed by atoms with Crippen LogP contribution in [0.2, 0.25) is 0 Å². The number of aliphatic carboxylic acids is 1. The second-order valence-electron chi connectivity index (χ2n) is 6.81. The molecule has 0 atom stereocenters. The Balaban J connectivity index is 2.03. The second-order valence-corrected chi connectivity index (χ2v) is 7.67. The first-order chi connectivity index (χ1) is 14.6. The molecule has 148 valence electrons. The van der Waals surface area contributed by atoms with E-state index in [1.807, 2.05) is 65.4 Å². The van der Waals surface area contributed by atoms with Gasteiger partial charge in [-0.05, 0) is 38.7 Å². The maximum Gasteiger partial charge on any atom is 0.342 e. The molecule has 0 radical (unpaired) electrons. The first-order valence-electron chi connectivity index (χ1n) is 9.44. The van der Waals surface area contributed by atoms with Gasteiger partial charge >= 0.3 is 5.97 Å². The molecule has 0 bridgehead atoms. The Kier molecular flexibility index (Phi) is 5.63. The standard InChI is InChI=1S/C25H19BrN2O2/c26-23(24(29)30)16-22-17-28(18-27-22)25(19-10-4-1-5-11-19,20-12-6-2-7-13-20)21-14-8-3-9-15-21/h1-18H,(H,29,30)/b23-16+. The van der Waals surface area contributed by atoms with Crippen molar-refractivity contribution < 1.29 is 9.90 Å². The topological polar surface area (TPSA) is 55.1 Å². The summed E-state index contributed by atoms with van der Waals surface area (Å²) in [6, 6.07) is 30.7. The summed E-state index contributed by atoms with van der Waals surface area (Å²) in [5.41, 5.74) is 3.11. The fourth-order valence-electron chi connectivity index (χ4n) is 3.77. The molecule has 4 rings (SSSR count). The Morgan fingerprint density at radius 1 is 0.833 bits per heavy atom. The smallest absolute Gasteiger partial charge is 0.342 e. The number of aromatic nitrogens is 2. The van der Waals surface area contributed by atoms with Gasteiger partial charge in [0.2, 0.25) is 0 Å². The lowest BCUT2D eigenvalue weighted by molar-refractivity contribution is -0.131. The minimum atomic E-state index is -1.04. The van der Waals surface area contributed by atoms with Crippen LogP contribution in [0.25, 0.3) is 6.08 Å². The van der Waals surface area contributed by atoms with E-state index in [4.69, 9.17) is 0 Å². The Hall–Kier alpha value is -3.44. The third-order valence-corrected chi connectivity index (χ3v) is 5.61. The number of carbonyl (C=O) groups is 1. The molecule has 1 heterocycles. The van der Waals surface area contributed by atoms with Crippen LogP contribution in [0.5, 0.6) is 0 Å². The van der Waals surface area contributed by atoms with Gasteiger partial charge in [0.05, 0.1) is 12.0 Å². The van der Waals surface area contributed by atoms with E-state index in [1.165, 1.54) is 6.08 Å². The van der Waals surface area contributed by atoms with Gasteiger partial charge < -0.3 is 9.67 Å². The van der Waals surface area contributed by atoms with Crippen molar-refractivity contribution in [2.24, 2.45) is 0 Å². The number of imidazole rings is 1. The van der Waals surface area contributed by atoms with Crippen LogP contribution in [-0.2, 0) is 10.3 Å². The van der Waals surface area contributed by atoms with E-state index >= 15 is 0 Å². The predicted octanol–water partition coefficient (Wildman–Crippen LogP) is 5.54. The third kappa shape index (κ3) is 3.60. The maximum absolute atomic E-state index is 11.2. The number of benzene rings is 3. The normalized spacial score (nSPS) is 12.0. The molecule has 0 fully saturated rings. The summed E-state index contributed by atoms with van der Waals surface area (Å²) in [6.45, 7) is 0. The van der Waals surface area contributed by atoms with Crippen molar-refractivity contribution in [2.75, 3.05) is 0 Å². The molecule has 1 aromatic heterocycles. The van der Waals surface area contributed by atoms with Crippen molar-refractivity contribution in [1.29, 1.82) is 0 Å². The average molecular weight is 459 g/mol. The van der Waals surface area contributed by atoms with E-state index in [9.17, 15) is 9.90 Å². The average Bonchev–Trinajstić information content (AvgIpc) is 3.25. The number of carboxylic acid groups (broad SMARTS) is 1. The van der Waals surface area contributed by atoms with Crippen LogP contribution in [-0.4, -0.2) is 20.6 Å². The second kappa shape index (κ2) is 8.51. The first-order valence-corrected chi connectivity index (χ1v) is 10.2. The number of hydrogen-bond acceptors (Lipinski definition) is 2. The molecular weight excluding hydrogens is 440 g/mol. The van der Waals surface area contributed by atoms with Crippen LogP contribution in [0.1, 0.15) is 22.4 Å². The number of rotatable bonds is 6. The molecular formula is C25H19BrN2O2. The molecule has 0 aliphatic carbocycles. The molecule has 30 heavy (non-hydrogen) atoms. The minimum Gasteiger partial charge on any atom is -0.477 e. The zero-order chi connectivity index (χ0) is 21.0. The fourth-order valence-corrected chi connectivity index (χ4v) is 4.01. The first kappa shape index (κ1) is 19.9. The van der Waals surface area contributed by atoms with Crippen LogP contribution in [0.15, 0.2) is 108 Å². The summed E-state index contributed by atoms with van der Waals surface area (Å²) in [7, 11) is 0. The van der Waals surface area contributed by atoms with Gasteiger partial charge in [0.25, 0.3) is 0 Å². The number of nitrogens with zero attached hydrogens (tertiary/aromatic N) is 2. The van der Waals surface area contributed by atoms with Gasteiger partial charge in [0, 0.05) is 6.20 Å². The lowest BCUT2D eigenvalue weighted by Crippen LogP contribution is -2.36. The lowest BCUT2D eigenvalue weighted by atomic mass is 9.77. The molecule has 3 aromatic carbocycles. The molecule has 0 amide bonds. The largest absolute Gasteiger partial charge is 0.477 e. The summed E-state index contributed by atoms with van der Waals surface area (Å²) >= 11 is 3.09. The summed E-state index contributed by atoms with van der Waals surface area (Å²) in [5.74, 6) is -1.04. The van der Waals surface area contributed by atoms with E-state index < -0.39 is 11.5 Å². The highest BCUT2D eigenvalue weighted by molar-refractivity contribution is 9.12. The van der Waals surface area contributed by atoms with E-state index in [-0.39, 0.29) is 4.48 Å². The van der Waals surface area contributed by atoms with Gasteiger partial charge in [-0.1, -0.05) is 91.0 Å². The lowest BCUT2D eigenvalue weighted by Gasteiger charge is -2.37.